The minimum atomic E-state index is -1.14. The Balaban J connectivity index is 3.03. The molecule has 7 heteroatoms. The predicted octanol–water partition coefficient (Wildman–Crippen LogP) is 1.97. The minimum absolute atomic E-state index is 0.0779. The van der Waals surface area contributed by atoms with Crippen LogP contribution in [0, 0.1) is 10.1 Å². The molecule has 6 nitrogen and oxygen atoms in total. The Morgan fingerprint density at radius 2 is 2.24 bits per heavy atom. The van der Waals surface area contributed by atoms with Crippen LogP contribution < -0.4 is 5.32 Å². The van der Waals surface area contributed by atoms with E-state index >= 15 is 0 Å². The number of hydrogen-bond acceptors (Lipinski definition) is 5. The van der Waals surface area contributed by atoms with E-state index in [1.54, 1.807) is 7.05 Å². The molecule has 1 aromatic carbocycles. The van der Waals surface area contributed by atoms with Crippen LogP contribution in [0.1, 0.15) is 28.9 Å². The molecule has 0 heterocycles. The van der Waals surface area contributed by atoms with Gasteiger partial charge in [0.25, 0.3) is 0 Å². The lowest BCUT2D eigenvalue weighted by Crippen LogP contribution is -2.15. The summed E-state index contributed by atoms with van der Waals surface area (Å²) in [6, 6.07) is 4.27. The van der Waals surface area contributed by atoms with Crippen molar-refractivity contribution < 1.29 is 14.7 Å². The number of nitrogens with one attached hydrogen (secondary N) is 1. The molecule has 0 saturated heterocycles. The zero-order valence-corrected chi connectivity index (χ0v) is 10.0. The fourth-order valence-corrected chi connectivity index (χ4v) is 1.56. The molecule has 1 N–H and O–H groups in total. The first kappa shape index (κ1) is 13.4. The second-order valence-corrected chi connectivity index (χ2v) is 3.76. The molecule has 0 amide bonds. The molecule has 0 aliphatic carbocycles. The maximum Gasteiger partial charge on any atom is 0.334 e. The minimum Gasteiger partial charge on any atom is -0.313 e. The van der Waals surface area contributed by atoms with Gasteiger partial charge in [-0.15, -0.1) is 10.1 Å². The number of halogens is 1. The molecule has 92 valence electrons. The smallest absolute Gasteiger partial charge is 0.313 e. The van der Waals surface area contributed by atoms with Gasteiger partial charge in [-0.25, -0.2) is 4.84 Å². The molecule has 0 aromatic heterocycles. The molecule has 1 aromatic rings. The lowest BCUT2D eigenvalue weighted by molar-refractivity contribution is -0.727. The third-order valence-electron chi connectivity index (χ3n) is 2.29. The van der Waals surface area contributed by atoms with Crippen molar-refractivity contribution >= 4 is 17.6 Å². The number of nitrogens with zero attached hydrogens (tertiary/aromatic N) is 1. The molecule has 0 aliphatic rings. The Bertz CT molecular complexity index is 450. The summed E-state index contributed by atoms with van der Waals surface area (Å²) in [5, 5.41) is 12.3. The zero-order valence-electron chi connectivity index (χ0n) is 9.27. The number of hydrogen-bond donors (Lipinski definition) is 1. The summed E-state index contributed by atoms with van der Waals surface area (Å²) in [6.45, 7) is 1.85. The highest BCUT2D eigenvalue weighted by Gasteiger charge is 2.15. The normalized spacial score (nSPS) is 11.9. The van der Waals surface area contributed by atoms with Crippen molar-refractivity contribution in [3.05, 3.63) is 44.5 Å². The van der Waals surface area contributed by atoms with Gasteiger partial charge in [0, 0.05) is 16.6 Å². The first-order valence-electron chi connectivity index (χ1n) is 4.79. The summed E-state index contributed by atoms with van der Waals surface area (Å²) in [5.74, 6) is -1.02. The third-order valence-corrected chi connectivity index (χ3v) is 2.63. The Morgan fingerprint density at radius 3 is 2.76 bits per heavy atom. The molecule has 1 atom stereocenters. The van der Waals surface area contributed by atoms with E-state index in [1.165, 1.54) is 18.2 Å². The number of carbonyl (C=O) groups is 1. The molecule has 17 heavy (non-hydrogen) atoms. The van der Waals surface area contributed by atoms with Crippen molar-refractivity contribution in [3.8, 4) is 0 Å². The average molecular weight is 259 g/mol. The van der Waals surface area contributed by atoms with E-state index < -0.39 is 11.1 Å². The molecule has 0 saturated carbocycles. The number of carbonyl (C=O) groups excluding carboxylic acids is 1. The van der Waals surface area contributed by atoms with E-state index in [9.17, 15) is 14.9 Å². The van der Waals surface area contributed by atoms with E-state index in [0.717, 1.165) is 0 Å². The number of rotatable bonds is 4. The van der Waals surface area contributed by atoms with E-state index in [1.807, 2.05) is 6.92 Å². The molecule has 1 unspecified atom stereocenters. The van der Waals surface area contributed by atoms with Gasteiger partial charge in [-0.3, -0.25) is 4.79 Å². The van der Waals surface area contributed by atoms with Crippen LogP contribution in [0.2, 0.25) is 5.02 Å². The second kappa shape index (κ2) is 5.60. The topological polar surface area (TPSA) is 81.5 Å². The fourth-order valence-electron chi connectivity index (χ4n) is 1.28. The van der Waals surface area contributed by atoms with Crippen molar-refractivity contribution in [1.29, 1.82) is 0 Å². The Morgan fingerprint density at radius 1 is 1.59 bits per heavy atom. The predicted molar refractivity (Wildman–Crippen MR) is 61.3 cm³/mol. The first-order valence-corrected chi connectivity index (χ1v) is 5.17. The molecule has 0 radical (unpaired) electrons. The third kappa shape index (κ3) is 3.40. The van der Waals surface area contributed by atoms with Crippen LogP contribution in [0.3, 0.4) is 0 Å². The summed E-state index contributed by atoms with van der Waals surface area (Å²) in [7, 11) is 1.74. The van der Waals surface area contributed by atoms with Crippen LogP contribution in [0.25, 0.3) is 0 Å². The highest BCUT2D eigenvalue weighted by atomic mass is 35.5. The summed E-state index contributed by atoms with van der Waals surface area (Å²) in [6.07, 6.45) is 0. The quantitative estimate of drug-likeness (QED) is 0.659. The average Bonchev–Trinajstić information content (AvgIpc) is 2.27. The van der Waals surface area contributed by atoms with Gasteiger partial charge in [0.05, 0.1) is 0 Å². The van der Waals surface area contributed by atoms with Crippen molar-refractivity contribution in [2.24, 2.45) is 0 Å². The highest BCUT2D eigenvalue weighted by molar-refractivity contribution is 6.31. The Hall–Kier alpha value is -1.66. The van der Waals surface area contributed by atoms with Crippen LogP contribution >= 0.6 is 11.6 Å². The van der Waals surface area contributed by atoms with Crippen LogP contribution in [0.5, 0.6) is 0 Å². The van der Waals surface area contributed by atoms with Gasteiger partial charge in [-0.2, -0.15) is 0 Å². The molecule has 0 bridgehead atoms. The van der Waals surface area contributed by atoms with Crippen molar-refractivity contribution in [2.45, 2.75) is 13.0 Å². The molecular formula is C10H11ClN2O4. The van der Waals surface area contributed by atoms with Gasteiger partial charge in [-0.1, -0.05) is 11.6 Å². The van der Waals surface area contributed by atoms with Gasteiger partial charge in [-0.05, 0) is 37.7 Å². The molecular weight excluding hydrogens is 248 g/mol. The van der Waals surface area contributed by atoms with Crippen molar-refractivity contribution in [3.63, 3.8) is 0 Å². The summed E-state index contributed by atoms with van der Waals surface area (Å²) in [4.78, 5) is 25.2. The molecule has 0 aliphatic heterocycles. The summed E-state index contributed by atoms with van der Waals surface area (Å²) < 4.78 is 0. The van der Waals surface area contributed by atoms with Crippen molar-refractivity contribution in [2.75, 3.05) is 7.05 Å². The van der Waals surface area contributed by atoms with E-state index in [2.05, 4.69) is 10.2 Å². The van der Waals surface area contributed by atoms with E-state index in [0.29, 0.717) is 10.6 Å². The number of benzene rings is 1. The van der Waals surface area contributed by atoms with Gasteiger partial charge < -0.3 is 5.32 Å². The van der Waals surface area contributed by atoms with Crippen LogP contribution in [-0.4, -0.2) is 18.1 Å². The SMILES string of the molecule is CNC(C)c1cc(C(=O)O[N+](=O)[O-])ccc1Cl. The lowest BCUT2D eigenvalue weighted by Gasteiger charge is -2.13. The van der Waals surface area contributed by atoms with Crippen LogP contribution in [0.4, 0.5) is 0 Å². The van der Waals surface area contributed by atoms with Gasteiger partial charge in [0.1, 0.15) is 0 Å². The molecule has 1 rings (SSSR count). The highest BCUT2D eigenvalue weighted by Crippen LogP contribution is 2.24. The standard InChI is InChI=1S/C10H11ClN2O4/c1-6(12-2)8-5-7(3-4-9(8)11)10(14)17-13(15)16/h3-6,12H,1-2H3. The fraction of sp³-hybridized carbons (Fsp3) is 0.300. The van der Waals surface area contributed by atoms with Crippen LogP contribution in [0.15, 0.2) is 18.2 Å². The first-order chi connectivity index (χ1) is 7.95. The second-order valence-electron chi connectivity index (χ2n) is 3.35. The molecule has 0 fully saturated rings. The largest absolute Gasteiger partial charge is 0.334 e. The zero-order chi connectivity index (χ0) is 13.0. The van der Waals surface area contributed by atoms with Gasteiger partial charge in [0.15, 0.2) is 0 Å². The maximum atomic E-state index is 11.3. The molecule has 0 spiro atoms. The lowest BCUT2D eigenvalue weighted by atomic mass is 10.1. The van der Waals surface area contributed by atoms with E-state index in [-0.39, 0.29) is 11.6 Å². The van der Waals surface area contributed by atoms with Crippen molar-refractivity contribution in [1.82, 2.24) is 5.32 Å². The van der Waals surface area contributed by atoms with E-state index in [4.69, 9.17) is 11.6 Å². The summed E-state index contributed by atoms with van der Waals surface area (Å²) in [5.41, 5.74) is 0.759. The summed E-state index contributed by atoms with van der Waals surface area (Å²) >= 11 is 5.95. The van der Waals surface area contributed by atoms with Crippen LogP contribution in [-0.2, 0) is 4.84 Å². The monoisotopic (exact) mass is 258 g/mol. The van der Waals surface area contributed by atoms with Gasteiger partial charge >= 0.3 is 11.1 Å². The maximum absolute atomic E-state index is 11.3. The Kier molecular flexibility index (Phi) is 4.42. The Labute approximate surface area is 103 Å². The van der Waals surface area contributed by atoms with Gasteiger partial charge in [0.2, 0.25) is 0 Å².